The van der Waals surface area contributed by atoms with Crippen LogP contribution in [0.5, 0.6) is 11.5 Å². The zero-order valence-corrected chi connectivity index (χ0v) is 10.2. The van der Waals surface area contributed by atoms with Gasteiger partial charge >= 0.3 is 5.97 Å². The molecule has 0 aliphatic heterocycles. The molecule has 2 rings (SSSR count). The molecule has 4 nitrogen and oxygen atoms in total. The van der Waals surface area contributed by atoms with E-state index in [4.69, 9.17) is 15.1 Å². The zero-order valence-electron chi connectivity index (χ0n) is 10.2. The minimum atomic E-state index is -1.48. The number of carboxylic acid groups (broad SMARTS) is 1. The van der Waals surface area contributed by atoms with Crippen LogP contribution in [0.1, 0.15) is 15.9 Å². The molecule has 0 saturated heterocycles. The van der Waals surface area contributed by atoms with Crippen LogP contribution in [-0.4, -0.2) is 11.1 Å². The van der Waals surface area contributed by atoms with E-state index in [1.165, 1.54) is 0 Å². The molecule has 0 bridgehead atoms. The minimum Gasteiger partial charge on any atom is -0.478 e. The van der Waals surface area contributed by atoms with Crippen molar-refractivity contribution in [2.24, 2.45) is 0 Å². The first kappa shape index (κ1) is 14.4. The number of aromatic carboxylic acids is 1. The van der Waals surface area contributed by atoms with Crippen LogP contribution in [0.3, 0.4) is 0 Å². The highest BCUT2D eigenvalue weighted by Crippen LogP contribution is 2.29. The summed E-state index contributed by atoms with van der Waals surface area (Å²) in [6.07, 6.45) is 0. The minimum absolute atomic E-state index is 0.232. The van der Waals surface area contributed by atoms with E-state index in [9.17, 15) is 18.0 Å². The Morgan fingerprint density at radius 1 is 1.10 bits per heavy atom. The molecule has 1 N–H and O–H groups in total. The van der Waals surface area contributed by atoms with Gasteiger partial charge in [-0.1, -0.05) is 0 Å². The summed E-state index contributed by atoms with van der Waals surface area (Å²) in [7, 11) is 0. The first-order chi connectivity index (χ1) is 9.92. The van der Waals surface area contributed by atoms with Gasteiger partial charge in [-0.25, -0.2) is 18.0 Å². The van der Waals surface area contributed by atoms with Crippen LogP contribution in [0.25, 0.3) is 0 Å². The number of rotatable bonds is 3. The van der Waals surface area contributed by atoms with Crippen molar-refractivity contribution >= 4 is 5.97 Å². The molecule has 0 heterocycles. The molecule has 0 aliphatic carbocycles. The highest BCUT2D eigenvalue weighted by atomic mass is 19.1. The molecule has 2 aromatic carbocycles. The van der Waals surface area contributed by atoms with E-state index >= 15 is 0 Å². The first-order valence-electron chi connectivity index (χ1n) is 5.52. The van der Waals surface area contributed by atoms with Crippen molar-refractivity contribution in [1.82, 2.24) is 0 Å². The standard InChI is InChI=1S/C14H6F3NO3/c15-10-5-8(1-2-9(10)14(19)20)21-13-11(16)3-7(6-18)4-12(13)17/h1-5H,(H,19,20). The number of benzene rings is 2. The third-order valence-electron chi connectivity index (χ3n) is 2.52. The molecular formula is C14H6F3NO3. The Morgan fingerprint density at radius 3 is 2.19 bits per heavy atom. The van der Waals surface area contributed by atoms with Gasteiger partial charge in [0.2, 0.25) is 0 Å². The maximum atomic E-state index is 13.6. The van der Waals surface area contributed by atoms with Crippen LogP contribution in [0, 0.1) is 28.8 Å². The Bertz CT molecular complexity index is 746. The quantitative estimate of drug-likeness (QED) is 0.940. The summed E-state index contributed by atoms with van der Waals surface area (Å²) in [5.41, 5.74) is -0.826. The van der Waals surface area contributed by atoms with Crippen molar-refractivity contribution in [1.29, 1.82) is 5.26 Å². The van der Waals surface area contributed by atoms with Crippen molar-refractivity contribution in [3.8, 4) is 17.6 Å². The maximum Gasteiger partial charge on any atom is 0.338 e. The van der Waals surface area contributed by atoms with Gasteiger partial charge in [0.15, 0.2) is 17.4 Å². The zero-order chi connectivity index (χ0) is 15.6. The van der Waals surface area contributed by atoms with Gasteiger partial charge in [0.05, 0.1) is 17.2 Å². The summed E-state index contributed by atoms with van der Waals surface area (Å²) in [5, 5.41) is 17.2. The van der Waals surface area contributed by atoms with Gasteiger partial charge in [0.25, 0.3) is 0 Å². The summed E-state index contributed by atoms with van der Waals surface area (Å²) >= 11 is 0. The topological polar surface area (TPSA) is 70.3 Å². The fourth-order valence-corrected chi connectivity index (χ4v) is 1.57. The second-order valence-electron chi connectivity index (χ2n) is 3.93. The van der Waals surface area contributed by atoms with Crippen LogP contribution in [-0.2, 0) is 0 Å². The molecule has 0 spiro atoms. The number of halogens is 3. The van der Waals surface area contributed by atoms with Gasteiger partial charge in [-0.05, 0) is 24.3 Å². The third kappa shape index (κ3) is 2.95. The molecule has 0 unspecified atom stereocenters. The monoisotopic (exact) mass is 293 g/mol. The lowest BCUT2D eigenvalue weighted by Gasteiger charge is -2.09. The first-order valence-corrected chi connectivity index (χ1v) is 5.52. The maximum absolute atomic E-state index is 13.6. The Morgan fingerprint density at radius 2 is 1.71 bits per heavy atom. The van der Waals surface area contributed by atoms with E-state index in [0.717, 1.165) is 24.3 Å². The summed E-state index contributed by atoms with van der Waals surface area (Å²) in [6.45, 7) is 0. The van der Waals surface area contributed by atoms with E-state index in [-0.39, 0.29) is 11.3 Å². The molecule has 21 heavy (non-hydrogen) atoms. The van der Waals surface area contributed by atoms with E-state index in [1.807, 2.05) is 0 Å². The molecule has 0 aromatic heterocycles. The van der Waals surface area contributed by atoms with Gasteiger partial charge in [-0.2, -0.15) is 5.26 Å². The van der Waals surface area contributed by atoms with E-state index in [0.29, 0.717) is 6.07 Å². The molecule has 2 aromatic rings. The lowest BCUT2D eigenvalue weighted by molar-refractivity contribution is 0.0692. The number of nitrogens with zero attached hydrogens (tertiary/aromatic N) is 1. The number of nitriles is 1. The van der Waals surface area contributed by atoms with Crippen LogP contribution in [0.2, 0.25) is 0 Å². The van der Waals surface area contributed by atoms with Crippen molar-refractivity contribution in [2.75, 3.05) is 0 Å². The van der Waals surface area contributed by atoms with Gasteiger partial charge in [-0.15, -0.1) is 0 Å². The second kappa shape index (κ2) is 5.54. The van der Waals surface area contributed by atoms with E-state index in [1.54, 1.807) is 6.07 Å². The fourth-order valence-electron chi connectivity index (χ4n) is 1.57. The summed E-state index contributed by atoms with van der Waals surface area (Å²) in [4.78, 5) is 10.6. The van der Waals surface area contributed by atoms with Crippen LogP contribution >= 0.6 is 0 Å². The average molecular weight is 293 g/mol. The van der Waals surface area contributed by atoms with Crippen LogP contribution in [0.15, 0.2) is 30.3 Å². The summed E-state index contributed by atoms with van der Waals surface area (Å²) in [5.74, 6) is -5.93. The SMILES string of the molecule is N#Cc1cc(F)c(Oc2ccc(C(=O)O)c(F)c2)c(F)c1. The molecule has 106 valence electrons. The molecule has 7 heteroatoms. The van der Waals surface area contributed by atoms with Crippen LogP contribution in [0.4, 0.5) is 13.2 Å². The van der Waals surface area contributed by atoms with Crippen molar-refractivity contribution in [3.63, 3.8) is 0 Å². The lowest BCUT2D eigenvalue weighted by atomic mass is 10.2. The molecule has 0 amide bonds. The lowest BCUT2D eigenvalue weighted by Crippen LogP contribution is -2.01. The van der Waals surface area contributed by atoms with Crippen molar-refractivity contribution < 1.29 is 27.8 Å². The molecule has 0 radical (unpaired) electrons. The van der Waals surface area contributed by atoms with Gasteiger partial charge in [-0.3, -0.25) is 0 Å². The molecule has 0 saturated carbocycles. The van der Waals surface area contributed by atoms with Crippen molar-refractivity contribution in [2.45, 2.75) is 0 Å². The largest absolute Gasteiger partial charge is 0.478 e. The number of carbonyl (C=O) groups is 1. The van der Waals surface area contributed by atoms with E-state index in [2.05, 4.69) is 0 Å². The number of ether oxygens (including phenoxy) is 1. The fraction of sp³-hybridized carbons (Fsp3) is 0. The Balaban J connectivity index is 2.37. The smallest absolute Gasteiger partial charge is 0.338 e. The Kier molecular flexibility index (Phi) is 3.80. The number of hydrogen-bond acceptors (Lipinski definition) is 3. The Hall–Kier alpha value is -3.01. The van der Waals surface area contributed by atoms with Crippen LogP contribution < -0.4 is 4.74 Å². The molecule has 0 fully saturated rings. The predicted molar refractivity (Wildman–Crippen MR) is 64.5 cm³/mol. The van der Waals surface area contributed by atoms with Gasteiger partial charge in [0, 0.05) is 6.07 Å². The second-order valence-corrected chi connectivity index (χ2v) is 3.93. The summed E-state index contributed by atoms with van der Waals surface area (Å²) in [6, 6.07) is 5.76. The summed E-state index contributed by atoms with van der Waals surface area (Å²) < 4.78 is 45.5. The molecule has 0 atom stereocenters. The predicted octanol–water partition coefficient (Wildman–Crippen LogP) is 3.47. The Labute approximate surface area is 116 Å². The highest BCUT2D eigenvalue weighted by Gasteiger charge is 2.16. The highest BCUT2D eigenvalue weighted by molar-refractivity contribution is 5.88. The normalized spacial score (nSPS) is 10.0. The van der Waals surface area contributed by atoms with Gasteiger partial charge in [0.1, 0.15) is 11.6 Å². The van der Waals surface area contributed by atoms with Crippen molar-refractivity contribution in [3.05, 3.63) is 58.9 Å². The van der Waals surface area contributed by atoms with E-state index < -0.39 is 34.7 Å². The third-order valence-corrected chi connectivity index (χ3v) is 2.52. The molecular weight excluding hydrogens is 287 g/mol. The van der Waals surface area contributed by atoms with Gasteiger partial charge < -0.3 is 9.84 Å². The average Bonchev–Trinajstić information content (AvgIpc) is 2.42. The number of hydrogen-bond donors (Lipinski definition) is 1. The number of carboxylic acids is 1. The molecule has 0 aliphatic rings.